The molecular formula is C63H62N2. The largest absolute Gasteiger partial charge is 0.310 e. The molecule has 9 aromatic rings. The first-order valence-corrected chi connectivity index (χ1v) is 23.4. The van der Waals surface area contributed by atoms with Gasteiger partial charge < -0.3 is 9.80 Å². The summed E-state index contributed by atoms with van der Waals surface area (Å²) in [6.45, 7) is 28.3. The van der Waals surface area contributed by atoms with Crippen molar-refractivity contribution in [3.05, 3.63) is 202 Å². The standard InChI is InChI=1S/C63H62N2/c1-39-31-40(2)34-46(33-39)64(55-27-19-13-21-43(55)5)45-29-30-52-53(37-45)48-23-15-17-25-50(48)59-58-51-26-18-16-24-49(51)57(38-54(58)63(60(52)59,61(7,8)9)62(10,11)12)65(56-28-20-14-22-44(56)6)47-35-41(3)32-42(4)36-47/h13-38H,1-12H3. The molecule has 0 heterocycles. The van der Waals surface area contributed by atoms with Crippen LogP contribution >= 0.6 is 0 Å². The quantitative estimate of drug-likeness (QED) is 0.154. The number of benzene rings is 9. The molecule has 0 saturated carbocycles. The van der Waals surface area contributed by atoms with Gasteiger partial charge in [0.25, 0.3) is 0 Å². The van der Waals surface area contributed by atoms with Gasteiger partial charge in [0.1, 0.15) is 0 Å². The van der Waals surface area contributed by atoms with Gasteiger partial charge in [0.2, 0.25) is 0 Å². The van der Waals surface area contributed by atoms with E-state index in [1.165, 1.54) is 116 Å². The molecule has 65 heavy (non-hydrogen) atoms. The van der Waals surface area contributed by atoms with E-state index in [1.807, 2.05) is 0 Å². The highest BCUT2D eigenvalue weighted by molar-refractivity contribution is 6.23. The van der Waals surface area contributed by atoms with Gasteiger partial charge in [0, 0.05) is 39.2 Å². The summed E-state index contributed by atoms with van der Waals surface area (Å²) in [5.74, 6) is 0. The molecule has 0 saturated heterocycles. The second-order valence-electron chi connectivity index (χ2n) is 21.1. The number of rotatable bonds is 6. The van der Waals surface area contributed by atoms with Gasteiger partial charge >= 0.3 is 0 Å². The molecular weight excluding hydrogens is 785 g/mol. The molecule has 0 radical (unpaired) electrons. The van der Waals surface area contributed by atoms with Crippen LogP contribution in [0, 0.1) is 52.4 Å². The number of nitrogens with zero attached hydrogens (tertiary/aromatic N) is 2. The van der Waals surface area contributed by atoms with E-state index in [0.717, 1.165) is 5.69 Å². The van der Waals surface area contributed by atoms with Gasteiger partial charge in [-0.25, -0.2) is 0 Å². The lowest BCUT2D eigenvalue weighted by Crippen LogP contribution is -2.50. The average Bonchev–Trinajstić information content (AvgIpc) is 3.58. The third-order valence-electron chi connectivity index (χ3n) is 14.5. The second-order valence-corrected chi connectivity index (χ2v) is 21.1. The Labute approximate surface area is 387 Å². The minimum Gasteiger partial charge on any atom is -0.310 e. The zero-order valence-electron chi connectivity index (χ0n) is 40.4. The number of para-hydroxylation sites is 2. The summed E-state index contributed by atoms with van der Waals surface area (Å²) in [5.41, 5.74) is 19.4. The molecule has 0 aromatic heterocycles. The number of aryl methyl sites for hydroxylation is 6. The van der Waals surface area contributed by atoms with Crippen LogP contribution in [0.4, 0.5) is 34.1 Å². The Morgan fingerprint density at radius 2 is 0.785 bits per heavy atom. The van der Waals surface area contributed by atoms with Gasteiger partial charge in [-0.1, -0.05) is 145 Å². The van der Waals surface area contributed by atoms with Crippen LogP contribution in [-0.4, -0.2) is 0 Å². The van der Waals surface area contributed by atoms with Crippen LogP contribution in [0.25, 0.3) is 43.4 Å². The lowest BCUT2D eigenvalue weighted by Gasteiger charge is -2.53. The average molecular weight is 847 g/mol. The maximum atomic E-state index is 2.62. The predicted octanol–water partition coefficient (Wildman–Crippen LogP) is 18.3. The molecule has 0 aliphatic heterocycles. The molecule has 10 rings (SSSR count). The summed E-state index contributed by atoms with van der Waals surface area (Å²) >= 11 is 0. The summed E-state index contributed by atoms with van der Waals surface area (Å²) in [6, 6.07) is 60.0. The highest BCUT2D eigenvalue weighted by Gasteiger charge is 2.59. The van der Waals surface area contributed by atoms with Crippen LogP contribution in [0.1, 0.15) is 86.1 Å². The Morgan fingerprint density at radius 1 is 0.338 bits per heavy atom. The Morgan fingerprint density at radius 3 is 1.31 bits per heavy atom. The molecule has 2 nitrogen and oxygen atoms in total. The Bertz CT molecular complexity index is 3320. The smallest absolute Gasteiger partial charge is 0.0543 e. The summed E-state index contributed by atoms with van der Waals surface area (Å²) in [7, 11) is 0. The van der Waals surface area contributed by atoms with Crippen LogP contribution in [-0.2, 0) is 5.41 Å². The van der Waals surface area contributed by atoms with Crippen molar-refractivity contribution in [1.82, 2.24) is 0 Å². The van der Waals surface area contributed by atoms with Crippen molar-refractivity contribution in [3.8, 4) is 11.1 Å². The van der Waals surface area contributed by atoms with Gasteiger partial charge in [0.05, 0.1) is 5.69 Å². The monoisotopic (exact) mass is 846 g/mol. The summed E-state index contributed by atoms with van der Waals surface area (Å²) in [6.07, 6.45) is 0. The van der Waals surface area contributed by atoms with E-state index in [1.54, 1.807) is 0 Å². The molecule has 0 N–H and O–H groups in total. The molecule has 0 unspecified atom stereocenters. The first-order chi connectivity index (χ1) is 31.0. The van der Waals surface area contributed by atoms with Gasteiger partial charge in [-0.15, -0.1) is 0 Å². The van der Waals surface area contributed by atoms with E-state index < -0.39 is 5.41 Å². The third-order valence-corrected chi connectivity index (χ3v) is 14.5. The van der Waals surface area contributed by atoms with Crippen LogP contribution in [0.3, 0.4) is 0 Å². The molecule has 0 spiro atoms. The summed E-state index contributed by atoms with van der Waals surface area (Å²) in [4.78, 5) is 5.02. The van der Waals surface area contributed by atoms with E-state index in [-0.39, 0.29) is 10.8 Å². The van der Waals surface area contributed by atoms with Gasteiger partial charge in [-0.3, -0.25) is 0 Å². The van der Waals surface area contributed by atoms with Gasteiger partial charge in [-0.05, 0) is 190 Å². The predicted molar refractivity (Wildman–Crippen MR) is 282 cm³/mol. The molecule has 0 bridgehead atoms. The first kappa shape index (κ1) is 42.3. The molecule has 1 aliphatic carbocycles. The molecule has 0 fully saturated rings. The SMILES string of the molecule is Cc1cc(C)cc(N(c2ccc3c4c(c5ccccc5c3c2)-c2c(cc(N(c3cc(C)cc(C)c3)c3ccccc3C)c3ccccc23)C4(C(C)(C)C)C(C)(C)C)c2ccccc2C)c1. The maximum Gasteiger partial charge on any atom is 0.0543 e. The van der Waals surface area contributed by atoms with Crippen molar-refractivity contribution in [1.29, 1.82) is 0 Å². The van der Waals surface area contributed by atoms with Crippen molar-refractivity contribution in [3.63, 3.8) is 0 Å². The maximum absolute atomic E-state index is 2.62. The second kappa shape index (κ2) is 15.2. The van der Waals surface area contributed by atoms with E-state index in [4.69, 9.17) is 0 Å². The molecule has 9 aromatic carbocycles. The van der Waals surface area contributed by atoms with Gasteiger partial charge in [-0.2, -0.15) is 0 Å². The molecule has 0 atom stereocenters. The van der Waals surface area contributed by atoms with Crippen LogP contribution in [0.5, 0.6) is 0 Å². The zero-order valence-corrected chi connectivity index (χ0v) is 40.4. The van der Waals surface area contributed by atoms with E-state index in [2.05, 4.69) is 251 Å². The Kier molecular flexibility index (Phi) is 9.92. The van der Waals surface area contributed by atoms with E-state index in [9.17, 15) is 0 Å². The summed E-state index contributed by atoms with van der Waals surface area (Å²) in [5, 5.41) is 7.74. The van der Waals surface area contributed by atoms with E-state index in [0.29, 0.717) is 0 Å². The molecule has 324 valence electrons. The van der Waals surface area contributed by atoms with Crippen LogP contribution in [0.15, 0.2) is 158 Å². The Balaban J connectivity index is 1.36. The topological polar surface area (TPSA) is 6.48 Å². The number of fused-ring (bicyclic) bond motifs is 10. The first-order valence-electron chi connectivity index (χ1n) is 23.4. The fourth-order valence-electron chi connectivity index (χ4n) is 12.5. The molecule has 1 aliphatic rings. The van der Waals surface area contributed by atoms with Crippen molar-refractivity contribution < 1.29 is 0 Å². The highest BCUT2D eigenvalue weighted by atomic mass is 15.2. The Hall–Kier alpha value is -6.64. The minimum absolute atomic E-state index is 0.210. The third kappa shape index (κ3) is 6.51. The fraction of sp³-hybridized carbons (Fsp3) is 0.238. The molecule has 2 heteroatoms. The summed E-state index contributed by atoms with van der Waals surface area (Å²) < 4.78 is 0. The zero-order chi connectivity index (χ0) is 45.7. The van der Waals surface area contributed by atoms with Crippen molar-refractivity contribution in [2.45, 2.75) is 88.5 Å². The number of anilines is 6. The number of hydrogen-bond acceptors (Lipinski definition) is 2. The van der Waals surface area contributed by atoms with Crippen molar-refractivity contribution >= 4 is 66.4 Å². The van der Waals surface area contributed by atoms with Crippen LogP contribution < -0.4 is 9.80 Å². The van der Waals surface area contributed by atoms with Gasteiger partial charge in [0.15, 0.2) is 0 Å². The van der Waals surface area contributed by atoms with Crippen molar-refractivity contribution in [2.75, 3.05) is 9.80 Å². The lowest BCUT2D eigenvalue weighted by atomic mass is 9.49. The number of hydrogen-bond donors (Lipinski definition) is 0. The van der Waals surface area contributed by atoms with E-state index >= 15 is 0 Å². The lowest BCUT2D eigenvalue weighted by molar-refractivity contribution is 0.0965. The normalized spacial score (nSPS) is 13.4. The van der Waals surface area contributed by atoms with Crippen LogP contribution in [0.2, 0.25) is 0 Å². The minimum atomic E-state index is -0.420. The molecule has 0 amide bonds. The highest BCUT2D eigenvalue weighted by Crippen LogP contribution is 2.69. The fourth-order valence-corrected chi connectivity index (χ4v) is 12.5. The van der Waals surface area contributed by atoms with Crippen molar-refractivity contribution in [2.24, 2.45) is 10.8 Å².